The van der Waals surface area contributed by atoms with Gasteiger partial charge in [-0.1, -0.05) is 0 Å². The fraction of sp³-hybridized carbons (Fsp3) is 0.400. The van der Waals surface area contributed by atoms with Crippen LogP contribution in [0.1, 0.15) is 18.4 Å². The Morgan fingerprint density at radius 1 is 1.07 bits per heavy atom. The maximum absolute atomic E-state index is 12.6. The molecular weight excluding hydrogens is 364 g/mol. The number of anilines is 1. The first kappa shape index (κ1) is 19.5. The van der Waals surface area contributed by atoms with Crippen molar-refractivity contribution in [1.82, 2.24) is 4.90 Å². The summed E-state index contributed by atoms with van der Waals surface area (Å²) in [4.78, 5) is 2.49. The molecule has 0 amide bonds. The predicted molar refractivity (Wildman–Crippen MR) is 106 cm³/mol. The molecule has 0 aliphatic carbocycles. The van der Waals surface area contributed by atoms with E-state index in [2.05, 4.69) is 16.7 Å². The van der Waals surface area contributed by atoms with Gasteiger partial charge < -0.3 is 14.4 Å². The fourth-order valence-electron chi connectivity index (χ4n) is 3.13. The number of ether oxygens (including phenoxy) is 2. The second-order valence-corrected chi connectivity index (χ2v) is 8.56. The molecule has 0 spiro atoms. The van der Waals surface area contributed by atoms with E-state index in [1.54, 1.807) is 43.5 Å². The molecule has 0 aromatic heterocycles. The van der Waals surface area contributed by atoms with Crippen LogP contribution in [0.3, 0.4) is 0 Å². The number of aryl methyl sites for hydroxylation is 1. The zero-order valence-electron chi connectivity index (χ0n) is 15.9. The highest BCUT2D eigenvalue weighted by Crippen LogP contribution is 2.25. The van der Waals surface area contributed by atoms with E-state index in [0.29, 0.717) is 11.4 Å². The third-order valence-electron chi connectivity index (χ3n) is 4.75. The first-order valence-corrected chi connectivity index (χ1v) is 10.5. The molecule has 0 saturated carbocycles. The maximum Gasteiger partial charge on any atom is 0.261 e. The van der Waals surface area contributed by atoms with Gasteiger partial charge in [0.25, 0.3) is 10.0 Å². The molecule has 7 heteroatoms. The molecule has 6 nitrogen and oxygen atoms in total. The van der Waals surface area contributed by atoms with Crippen LogP contribution in [0, 0.1) is 6.92 Å². The van der Waals surface area contributed by atoms with E-state index in [9.17, 15) is 8.42 Å². The molecule has 1 aliphatic rings. The van der Waals surface area contributed by atoms with Crippen molar-refractivity contribution in [3.8, 4) is 11.5 Å². The third kappa shape index (κ3) is 4.93. The van der Waals surface area contributed by atoms with E-state index in [0.717, 1.165) is 37.2 Å². The summed E-state index contributed by atoms with van der Waals surface area (Å²) in [6.45, 7) is 3.88. The minimum atomic E-state index is -3.66. The van der Waals surface area contributed by atoms with Crippen molar-refractivity contribution in [1.29, 1.82) is 0 Å². The van der Waals surface area contributed by atoms with Crippen LogP contribution in [0.5, 0.6) is 11.5 Å². The summed E-state index contributed by atoms with van der Waals surface area (Å²) in [6, 6.07) is 11.8. The summed E-state index contributed by atoms with van der Waals surface area (Å²) in [5.74, 6) is 1.41. The van der Waals surface area contributed by atoms with Crippen molar-refractivity contribution in [3.63, 3.8) is 0 Å². The minimum Gasteiger partial charge on any atom is -0.496 e. The van der Waals surface area contributed by atoms with Gasteiger partial charge in [0.1, 0.15) is 17.6 Å². The van der Waals surface area contributed by atoms with Crippen LogP contribution in [-0.2, 0) is 10.0 Å². The summed E-state index contributed by atoms with van der Waals surface area (Å²) in [7, 11) is 0.0131. The maximum atomic E-state index is 12.6. The summed E-state index contributed by atoms with van der Waals surface area (Å²) < 4.78 is 39.0. The Balaban J connectivity index is 1.65. The van der Waals surface area contributed by atoms with Crippen LogP contribution < -0.4 is 14.2 Å². The number of hydrogen-bond donors (Lipinski definition) is 1. The zero-order chi connectivity index (χ0) is 19.4. The number of hydrogen-bond acceptors (Lipinski definition) is 5. The summed E-state index contributed by atoms with van der Waals surface area (Å²) in [6.07, 6.45) is 2.22. The van der Waals surface area contributed by atoms with Crippen LogP contribution in [0.4, 0.5) is 5.69 Å². The molecule has 1 saturated heterocycles. The second kappa shape index (κ2) is 8.19. The normalized spacial score (nSPS) is 16.1. The number of piperidine rings is 1. The molecule has 0 unspecified atom stereocenters. The average Bonchev–Trinajstić information content (AvgIpc) is 2.65. The Kier molecular flexibility index (Phi) is 5.92. The highest BCUT2D eigenvalue weighted by molar-refractivity contribution is 7.92. The first-order chi connectivity index (χ1) is 12.9. The molecule has 0 bridgehead atoms. The highest BCUT2D eigenvalue weighted by atomic mass is 32.2. The Hall–Kier alpha value is -2.25. The molecule has 0 radical (unpaired) electrons. The molecule has 1 fully saturated rings. The molecule has 146 valence electrons. The standard InChI is InChI=1S/C20H26N2O4S/c1-15-14-19(8-9-20(15)25-3)27(23,24)21-16-4-6-17(7-5-16)26-18-10-12-22(2)13-11-18/h4-9,14,18,21H,10-13H2,1-3H3. The van der Waals surface area contributed by atoms with Gasteiger partial charge in [-0.3, -0.25) is 4.72 Å². The van der Waals surface area contributed by atoms with Crippen LogP contribution in [0.2, 0.25) is 0 Å². The van der Waals surface area contributed by atoms with Crippen molar-refractivity contribution in [2.45, 2.75) is 30.8 Å². The molecule has 3 rings (SSSR count). The number of rotatable bonds is 6. The SMILES string of the molecule is COc1ccc(S(=O)(=O)Nc2ccc(OC3CCN(C)CC3)cc2)cc1C. The molecular formula is C20H26N2O4S. The number of benzene rings is 2. The Morgan fingerprint density at radius 3 is 2.33 bits per heavy atom. The van der Waals surface area contributed by atoms with Crippen molar-refractivity contribution >= 4 is 15.7 Å². The second-order valence-electron chi connectivity index (χ2n) is 6.88. The van der Waals surface area contributed by atoms with Crippen LogP contribution >= 0.6 is 0 Å². The van der Waals surface area contributed by atoms with Crippen molar-refractivity contribution in [2.24, 2.45) is 0 Å². The van der Waals surface area contributed by atoms with Gasteiger partial charge in [-0.05, 0) is 74.8 Å². The van der Waals surface area contributed by atoms with E-state index < -0.39 is 10.0 Å². The number of likely N-dealkylation sites (tertiary alicyclic amines) is 1. The molecule has 1 aliphatic heterocycles. The fourth-order valence-corrected chi connectivity index (χ4v) is 4.27. The molecule has 0 atom stereocenters. The van der Waals surface area contributed by atoms with Crippen LogP contribution in [-0.4, -0.2) is 46.7 Å². The summed E-state index contributed by atoms with van der Waals surface area (Å²) in [5.41, 5.74) is 1.27. The Bertz CT molecular complexity index is 873. The molecule has 1 N–H and O–H groups in total. The van der Waals surface area contributed by atoms with Gasteiger partial charge in [-0.25, -0.2) is 8.42 Å². The van der Waals surface area contributed by atoms with Crippen LogP contribution in [0.15, 0.2) is 47.4 Å². The largest absolute Gasteiger partial charge is 0.496 e. The number of nitrogens with one attached hydrogen (secondary N) is 1. The Morgan fingerprint density at radius 2 is 1.74 bits per heavy atom. The lowest BCUT2D eigenvalue weighted by molar-refractivity contribution is 0.114. The number of nitrogens with zero attached hydrogens (tertiary/aromatic N) is 1. The Labute approximate surface area is 161 Å². The number of methoxy groups -OCH3 is 1. The van der Waals surface area contributed by atoms with Gasteiger partial charge in [-0.15, -0.1) is 0 Å². The lowest BCUT2D eigenvalue weighted by atomic mass is 10.1. The van der Waals surface area contributed by atoms with E-state index >= 15 is 0 Å². The van der Waals surface area contributed by atoms with Gasteiger partial charge in [-0.2, -0.15) is 0 Å². The number of sulfonamides is 1. The van der Waals surface area contributed by atoms with E-state index in [1.807, 2.05) is 6.92 Å². The predicted octanol–water partition coefficient (Wildman–Crippen LogP) is 3.28. The summed E-state index contributed by atoms with van der Waals surface area (Å²) in [5, 5.41) is 0. The molecule has 27 heavy (non-hydrogen) atoms. The topological polar surface area (TPSA) is 67.9 Å². The lowest BCUT2D eigenvalue weighted by Gasteiger charge is -2.29. The monoisotopic (exact) mass is 390 g/mol. The first-order valence-electron chi connectivity index (χ1n) is 9.00. The van der Waals surface area contributed by atoms with Crippen molar-refractivity contribution in [2.75, 3.05) is 32.0 Å². The van der Waals surface area contributed by atoms with E-state index in [1.165, 1.54) is 6.07 Å². The molecule has 1 heterocycles. The van der Waals surface area contributed by atoms with Crippen molar-refractivity contribution in [3.05, 3.63) is 48.0 Å². The average molecular weight is 391 g/mol. The van der Waals surface area contributed by atoms with Gasteiger partial charge in [0.2, 0.25) is 0 Å². The lowest BCUT2D eigenvalue weighted by Crippen LogP contribution is -2.35. The molecule has 2 aromatic carbocycles. The highest BCUT2D eigenvalue weighted by Gasteiger charge is 2.19. The quantitative estimate of drug-likeness (QED) is 0.820. The van der Waals surface area contributed by atoms with Gasteiger partial charge in [0.15, 0.2) is 0 Å². The van der Waals surface area contributed by atoms with Crippen LogP contribution in [0.25, 0.3) is 0 Å². The van der Waals surface area contributed by atoms with Crippen molar-refractivity contribution < 1.29 is 17.9 Å². The van der Waals surface area contributed by atoms with E-state index in [4.69, 9.17) is 9.47 Å². The molecule has 2 aromatic rings. The van der Waals surface area contributed by atoms with Gasteiger partial charge in [0.05, 0.1) is 12.0 Å². The van der Waals surface area contributed by atoms with E-state index in [-0.39, 0.29) is 11.0 Å². The van der Waals surface area contributed by atoms with Gasteiger partial charge in [0, 0.05) is 18.8 Å². The third-order valence-corrected chi connectivity index (χ3v) is 6.13. The summed E-state index contributed by atoms with van der Waals surface area (Å²) >= 11 is 0. The van der Waals surface area contributed by atoms with Gasteiger partial charge >= 0.3 is 0 Å². The zero-order valence-corrected chi connectivity index (χ0v) is 16.8. The smallest absolute Gasteiger partial charge is 0.261 e. The minimum absolute atomic E-state index is 0.201.